The minimum absolute atomic E-state index is 0.0963. The summed E-state index contributed by atoms with van der Waals surface area (Å²) in [6.45, 7) is -7.76. The van der Waals surface area contributed by atoms with Crippen molar-refractivity contribution in [2.45, 2.75) is 12.3 Å². The van der Waals surface area contributed by atoms with Gasteiger partial charge in [0, 0.05) is 26.7 Å². The molecule has 2 aromatic carbocycles. The third-order valence-electron chi connectivity index (χ3n) is 3.83. The molecular weight excluding hydrogens is 309 g/mol. The first-order chi connectivity index (χ1) is 14.7. The second kappa shape index (κ2) is 6.69. The van der Waals surface area contributed by atoms with Gasteiger partial charge in [0.2, 0.25) is 6.75 Å². The molecule has 24 heavy (non-hydrogen) atoms. The summed E-state index contributed by atoms with van der Waals surface area (Å²) in [5, 5.41) is 2.12. The van der Waals surface area contributed by atoms with E-state index in [0.29, 0.717) is 0 Å². The second-order valence-electron chi connectivity index (χ2n) is 5.38. The molecule has 0 radical (unpaired) electrons. The molecule has 2 aliphatic rings. The average Bonchev–Trinajstić information content (AvgIpc) is 2.97. The van der Waals surface area contributed by atoms with Crippen LogP contribution in [-0.4, -0.2) is 26.3 Å². The number of ether oxygens (including phenoxy) is 3. The molecule has 0 amide bonds. The normalized spacial score (nSPS) is 35.7. The van der Waals surface area contributed by atoms with Crippen molar-refractivity contribution >= 4 is 0 Å². The summed E-state index contributed by atoms with van der Waals surface area (Å²) in [6, 6.07) is 9.11. The highest BCUT2D eigenvalue weighted by atomic mass is 19.1. The number of halogens is 1. The highest BCUT2D eigenvalue weighted by molar-refractivity contribution is 5.46. The fourth-order valence-electron chi connectivity index (χ4n) is 2.59. The molecule has 2 aromatic rings. The van der Waals surface area contributed by atoms with E-state index in [0.717, 1.165) is 12.1 Å². The number of piperidine rings is 1. The van der Waals surface area contributed by atoms with Crippen LogP contribution in [0.3, 0.4) is 0 Å². The molecule has 0 saturated carbocycles. The van der Waals surface area contributed by atoms with E-state index >= 15 is 0 Å². The topological polar surface area (TPSA) is 39.7 Å². The summed E-state index contributed by atoms with van der Waals surface area (Å²) >= 11 is 0. The van der Waals surface area contributed by atoms with E-state index in [2.05, 4.69) is 5.32 Å². The second-order valence-corrected chi connectivity index (χ2v) is 5.38. The summed E-state index contributed by atoms with van der Waals surface area (Å²) in [4.78, 5) is 0. The molecule has 2 heterocycles. The molecule has 1 saturated heterocycles. The summed E-state index contributed by atoms with van der Waals surface area (Å²) < 4.78 is 94.0. The van der Waals surface area contributed by atoms with Gasteiger partial charge in [0.25, 0.3) is 0 Å². The quantitative estimate of drug-likeness (QED) is 0.929. The SMILES string of the molecule is [2H]C1([2H])Oc2ccc(OC[C@H]3C(c4ccc(F)cc4)C([2H])([2H])C([2H])([2H])NC3([2H])[2H])cc2O1. The molecule has 0 aliphatic carbocycles. The predicted molar refractivity (Wildman–Crippen MR) is 88.2 cm³/mol. The van der Waals surface area contributed by atoms with Gasteiger partial charge >= 0.3 is 0 Å². The van der Waals surface area contributed by atoms with Crippen molar-refractivity contribution in [1.29, 1.82) is 0 Å². The number of hydrogen-bond donors (Lipinski definition) is 1. The van der Waals surface area contributed by atoms with Gasteiger partial charge in [-0.25, -0.2) is 4.39 Å². The van der Waals surface area contributed by atoms with Crippen molar-refractivity contribution in [2.24, 2.45) is 5.92 Å². The molecule has 1 N–H and O–H groups in total. The first-order valence-electron chi connectivity index (χ1n) is 11.4. The van der Waals surface area contributed by atoms with Gasteiger partial charge in [0.05, 0.1) is 6.61 Å². The zero-order valence-corrected chi connectivity index (χ0v) is 12.5. The van der Waals surface area contributed by atoms with E-state index in [-0.39, 0.29) is 29.4 Å². The van der Waals surface area contributed by atoms with Gasteiger partial charge in [0.1, 0.15) is 14.3 Å². The maximum Gasteiger partial charge on any atom is 0.231 e. The Hall–Kier alpha value is -2.27. The molecular formula is C19H20FNO3. The van der Waals surface area contributed by atoms with Crippen molar-refractivity contribution < 1.29 is 29.6 Å². The van der Waals surface area contributed by atoms with Crippen LogP contribution in [-0.2, 0) is 0 Å². The zero-order valence-electron chi connectivity index (χ0n) is 20.5. The molecule has 4 rings (SSSR count). The lowest BCUT2D eigenvalue weighted by atomic mass is 9.81. The number of benzene rings is 2. The van der Waals surface area contributed by atoms with Crippen molar-refractivity contribution in [2.75, 3.05) is 26.3 Å². The maximum absolute atomic E-state index is 13.5. The standard InChI is InChI=1S/C19H20FNO3/c20-15-3-1-13(2-4-15)17-7-8-21-10-14(17)11-22-16-5-6-18-19(9-16)24-12-23-18/h1-6,9,14,17,21H,7-8,10-12H2/t14-,17?/m0/s1/i7D2,8D2,10D2,12D2. The number of nitrogens with one attached hydrogen (secondary N) is 1. The van der Waals surface area contributed by atoms with E-state index in [4.69, 9.17) is 25.2 Å². The monoisotopic (exact) mass is 337 g/mol. The fourth-order valence-corrected chi connectivity index (χ4v) is 2.59. The minimum atomic E-state index is -2.71. The van der Waals surface area contributed by atoms with E-state index in [1.54, 1.807) is 0 Å². The van der Waals surface area contributed by atoms with Crippen LogP contribution < -0.4 is 19.5 Å². The van der Waals surface area contributed by atoms with Crippen LogP contribution in [0, 0.1) is 11.7 Å². The van der Waals surface area contributed by atoms with Crippen LogP contribution in [0.25, 0.3) is 0 Å². The van der Waals surface area contributed by atoms with E-state index in [1.165, 1.54) is 30.3 Å². The van der Waals surface area contributed by atoms with Gasteiger partial charge in [-0.3, -0.25) is 0 Å². The van der Waals surface area contributed by atoms with E-state index < -0.39 is 43.8 Å². The average molecular weight is 337 g/mol. The Morgan fingerprint density at radius 2 is 2.00 bits per heavy atom. The van der Waals surface area contributed by atoms with Crippen molar-refractivity contribution in [3.8, 4) is 17.2 Å². The molecule has 0 spiro atoms. The Bertz CT molecular complexity index is 1020. The van der Waals surface area contributed by atoms with E-state index in [1.807, 2.05) is 0 Å². The van der Waals surface area contributed by atoms with Gasteiger partial charge < -0.3 is 19.5 Å². The van der Waals surface area contributed by atoms with Crippen LogP contribution in [0.1, 0.15) is 28.8 Å². The Labute approximate surface area is 151 Å². The van der Waals surface area contributed by atoms with Gasteiger partial charge in [0.15, 0.2) is 11.5 Å². The van der Waals surface area contributed by atoms with Crippen molar-refractivity contribution in [1.82, 2.24) is 5.32 Å². The lowest BCUT2D eigenvalue weighted by Crippen LogP contribution is -2.38. The summed E-state index contributed by atoms with van der Waals surface area (Å²) in [5.74, 6) is -2.60. The maximum atomic E-state index is 13.5. The largest absolute Gasteiger partial charge is 0.493 e. The third kappa shape index (κ3) is 3.17. The van der Waals surface area contributed by atoms with Gasteiger partial charge in [-0.1, -0.05) is 12.1 Å². The lowest BCUT2D eigenvalue weighted by Gasteiger charge is -2.32. The van der Waals surface area contributed by atoms with Crippen LogP contribution in [0.5, 0.6) is 17.2 Å². The Morgan fingerprint density at radius 3 is 2.88 bits per heavy atom. The Morgan fingerprint density at radius 1 is 1.17 bits per heavy atom. The summed E-state index contributed by atoms with van der Waals surface area (Å²) in [7, 11) is 0. The molecule has 2 aliphatic heterocycles. The smallest absolute Gasteiger partial charge is 0.231 e. The number of fused-ring (bicyclic) bond motifs is 1. The number of hydrogen-bond acceptors (Lipinski definition) is 4. The van der Waals surface area contributed by atoms with Gasteiger partial charge in [-0.05, 0) is 48.6 Å². The number of rotatable bonds is 4. The summed E-state index contributed by atoms with van der Waals surface area (Å²) in [6.07, 6.45) is -2.56. The Balaban J connectivity index is 1.65. The predicted octanol–water partition coefficient (Wildman–Crippen LogP) is 3.33. The lowest BCUT2D eigenvalue weighted by molar-refractivity contribution is 0.173. The molecule has 0 bridgehead atoms. The molecule has 2 atom stereocenters. The van der Waals surface area contributed by atoms with Crippen molar-refractivity contribution in [3.63, 3.8) is 0 Å². The fraction of sp³-hybridized carbons (Fsp3) is 0.368. The third-order valence-corrected chi connectivity index (χ3v) is 3.83. The summed E-state index contributed by atoms with van der Waals surface area (Å²) in [5.41, 5.74) is 0.234. The highest BCUT2D eigenvalue weighted by Crippen LogP contribution is 2.36. The first-order valence-corrected chi connectivity index (χ1v) is 7.42. The van der Waals surface area contributed by atoms with Crippen LogP contribution in [0.2, 0.25) is 0 Å². The highest BCUT2D eigenvalue weighted by Gasteiger charge is 2.27. The van der Waals surface area contributed by atoms with Gasteiger partial charge in [-0.2, -0.15) is 0 Å². The first kappa shape index (κ1) is 8.72. The Kier molecular flexibility index (Phi) is 2.43. The molecule has 0 aromatic heterocycles. The molecule has 1 unspecified atom stereocenters. The van der Waals surface area contributed by atoms with Crippen LogP contribution >= 0.6 is 0 Å². The minimum Gasteiger partial charge on any atom is -0.493 e. The van der Waals surface area contributed by atoms with Gasteiger partial charge in [-0.15, -0.1) is 0 Å². The molecule has 1 fully saturated rings. The van der Waals surface area contributed by atoms with Crippen molar-refractivity contribution in [3.05, 3.63) is 53.8 Å². The van der Waals surface area contributed by atoms with Crippen LogP contribution in [0.15, 0.2) is 42.5 Å². The van der Waals surface area contributed by atoms with E-state index in [9.17, 15) is 4.39 Å². The van der Waals surface area contributed by atoms with Crippen LogP contribution in [0.4, 0.5) is 4.39 Å². The molecule has 5 heteroatoms. The zero-order chi connectivity index (χ0) is 23.5. The molecule has 126 valence electrons. The molecule has 4 nitrogen and oxygen atoms in total.